The van der Waals surface area contributed by atoms with Crippen molar-refractivity contribution >= 4 is 34.8 Å². The van der Waals surface area contributed by atoms with Crippen LogP contribution in [0, 0.1) is 11.3 Å². The summed E-state index contributed by atoms with van der Waals surface area (Å²) in [6.45, 7) is -0.154. The van der Waals surface area contributed by atoms with Gasteiger partial charge < -0.3 is 19.7 Å². The smallest absolute Gasteiger partial charge is 0.323 e. The molecule has 32 heavy (non-hydrogen) atoms. The highest BCUT2D eigenvalue weighted by Gasteiger charge is 2.20. The van der Waals surface area contributed by atoms with E-state index in [4.69, 9.17) is 5.11 Å². The molecule has 0 aliphatic carbocycles. The van der Waals surface area contributed by atoms with E-state index in [1.54, 1.807) is 30.5 Å². The summed E-state index contributed by atoms with van der Waals surface area (Å²) >= 11 is 0. The van der Waals surface area contributed by atoms with Crippen LogP contribution >= 0.6 is 0 Å². The normalized spacial score (nSPS) is 11.2. The van der Waals surface area contributed by atoms with Crippen molar-refractivity contribution in [3.63, 3.8) is 0 Å². The van der Waals surface area contributed by atoms with Gasteiger partial charge in [0.15, 0.2) is 0 Å². The summed E-state index contributed by atoms with van der Waals surface area (Å²) in [7, 11) is 0. The molecule has 0 saturated carbocycles. The van der Waals surface area contributed by atoms with Crippen molar-refractivity contribution in [2.75, 3.05) is 6.54 Å². The van der Waals surface area contributed by atoms with Crippen molar-refractivity contribution in [3.8, 4) is 6.07 Å². The van der Waals surface area contributed by atoms with E-state index in [-0.39, 0.29) is 31.6 Å². The lowest BCUT2D eigenvalue weighted by Crippen LogP contribution is -2.33. The van der Waals surface area contributed by atoms with Crippen molar-refractivity contribution < 1.29 is 24.6 Å². The van der Waals surface area contributed by atoms with Gasteiger partial charge in [-0.2, -0.15) is 5.26 Å². The molecule has 0 spiro atoms. The lowest BCUT2D eigenvalue weighted by Gasteiger charge is -2.21. The Morgan fingerprint density at radius 1 is 1.00 bits per heavy atom. The van der Waals surface area contributed by atoms with Crippen molar-refractivity contribution in [1.82, 2.24) is 9.47 Å². The minimum Gasteiger partial charge on any atom is -0.481 e. The van der Waals surface area contributed by atoms with Gasteiger partial charge in [-0.05, 0) is 17.7 Å². The van der Waals surface area contributed by atoms with Crippen molar-refractivity contribution in [3.05, 3.63) is 77.5 Å². The summed E-state index contributed by atoms with van der Waals surface area (Å²) < 4.78 is 1.54. The fourth-order valence-corrected chi connectivity index (χ4v) is 3.42. The Kier molecular flexibility index (Phi) is 7.03. The highest BCUT2D eigenvalue weighted by Crippen LogP contribution is 2.24. The first-order valence-electron chi connectivity index (χ1n) is 9.85. The first-order valence-corrected chi connectivity index (χ1v) is 9.85. The van der Waals surface area contributed by atoms with Crippen LogP contribution in [0.25, 0.3) is 17.0 Å². The predicted octanol–water partition coefficient (Wildman–Crippen LogP) is 3.14. The quantitative estimate of drug-likeness (QED) is 0.396. The molecule has 2 aromatic carbocycles. The molecule has 0 aliphatic rings. The number of aromatic nitrogens is 1. The number of benzene rings is 2. The molecule has 8 heteroatoms. The molecule has 0 unspecified atom stereocenters. The zero-order chi connectivity index (χ0) is 23.1. The number of carbonyl (C=O) groups is 3. The summed E-state index contributed by atoms with van der Waals surface area (Å²) in [6.07, 6.45) is 2.75. The average molecular weight is 431 g/mol. The molecule has 1 aromatic heterocycles. The number of nitrogens with zero attached hydrogens (tertiary/aromatic N) is 3. The number of rotatable bonds is 9. The number of carboxylic acids is 2. The number of hydrogen-bond acceptors (Lipinski definition) is 4. The number of carboxylic acid groups (broad SMARTS) is 2. The van der Waals surface area contributed by atoms with Crippen LogP contribution in [0.15, 0.2) is 66.4 Å². The molecule has 0 aliphatic heterocycles. The third-order valence-corrected chi connectivity index (χ3v) is 4.87. The maximum Gasteiger partial charge on any atom is 0.323 e. The Morgan fingerprint density at radius 3 is 2.34 bits per heavy atom. The van der Waals surface area contributed by atoms with Crippen LogP contribution in [0.3, 0.4) is 0 Å². The monoisotopic (exact) mass is 431 g/mol. The van der Waals surface area contributed by atoms with Gasteiger partial charge in [0.2, 0.25) is 0 Å². The third kappa shape index (κ3) is 5.40. The van der Waals surface area contributed by atoms with Crippen molar-refractivity contribution in [2.45, 2.75) is 19.5 Å². The van der Waals surface area contributed by atoms with Gasteiger partial charge in [-0.15, -0.1) is 0 Å². The molecule has 1 heterocycles. The molecule has 0 radical (unpaired) electrons. The first kappa shape index (κ1) is 22.3. The molecule has 1 amide bonds. The number of fused-ring (bicyclic) bond motifs is 1. The van der Waals surface area contributed by atoms with Gasteiger partial charge in [0.05, 0.1) is 6.42 Å². The number of aliphatic carboxylic acids is 2. The number of nitriles is 1. The molecule has 0 bridgehead atoms. The van der Waals surface area contributed by atoms with Gasteiger partial charge in [-0.3, -0.25) is 14.4 Å². The lowest BCUT2D eigenvalue weighted by molar-refractivity contribution is -0.139. The molecule has 162 valence electrons. The van der Waals surface area contributed by atoms with Crippen LogP contribution in [0.5, 0.6) is 0 Å². The Labute approximate surface area is 184 Å². The molecular weight excluding hydrogens is 410 g/mol. The van der Waals surface area contributed by atoms with E-state index in [1.165, 1.54) is 15.5 Å². The van der Waals surface area contributed by atoms with E-state index in [9.17, 15) is 24.8 Å². The largest absolute Gasteiger partial charge is 0.481 e. The second-order valence-corrected chi connectivity index (χ2v) is 7.15. The fourth-order valence-electron chi connectivity index (χ4n) is 3.42. The van der Waals surface area contributed by atoms with Crippen LogP contribution < -0.4 is 0 Å². The highest BCUT2D eigenvalue weighted by atomic mass is 16.4. The number of hydrogen-bond donors (Lipinski definition) is 2. The maximum absolute atomic E-state index is 13.2. The van der Waals surface area contributed by atoms with E-state index in [1.807, 2.05) is 36.4 Å². The highest BCUT2D eigenvalue weighted by molar-refractivity contribution is 6.04. The predicted molar refractivity (Wildman–Crippen MR) is 117 cm³/mol. The zero-order valence-electron chi connectivity index (χ0n) is 17.1. The van der Waals surface area contributed by atoms with Crippen molar-refractivity contribution in [2.24, 2.45) is 0 Å². The van der Waals surface area contributed by atoms with Gasteiger partial charge in [0.1, 0.15) is 18.2 Å². The average Bonchev–Trinajstić information content (AvgIpc) is 3.11. The number of carbonyl (C=O) groups excluding carboxylic acids is 1. The molecule has 0 saturated heterocycles. The van der Waals surface area contributed by atoms with Gasteiger partial charge in [-0.1, -0.05) is 48.5 Å². The SMILES string of the molecule is N#C/C(=C\c1cn(CC(=O)O)c2ccccc12)C(=O)N(CCC(=O)O)Cc1ccccc1. The third-order valence-electron chi connectivity index (χ3n) is 4.87. The Hall–Kier alpha value is -4.38. The second-order valence-electron chi connectivity index (χ2n) is 7.15. The minimum atomic E-state index is -1.05. The fraction of sp³-hybridized carbons (Fsp3) is 0.167. The maximum atomic E-state index is 13.2. The topological polar surface area (TPSA) is 124 Å². The molecule has 3 aromatic rings. The molecule has 0 fully saturated rings. The number of amides is 1. The molecule has 8 nitrogen and oxygen atoms in total. The Balaban J connectivity index is 1.97. The summed E-state index contributed by atoms with van der Waals surface area (Å²) in [5.74, 6) is -2.65. The summed E-state index contributed by atoms with van der Waals surface area (Å²) in [5.41, 5.74) is 1.84. The zero-order valence-corrected chi connectivity index (χ0v) is 17.1. The van der Waals surface area contributed by atoms with Crippen LogP contribution in [0.2, 0.25) is 0 Å². The molecule has 0 atom stereocenters. The Morgan fingerprint density at radius 2 is 1.69 bits per heavy atom. The van der Waals surface area contributed by atoms with Crippen LogP contribution in [-0.2, 0) is 27.5 Å². The van der Waals surface area contributed by atoms with E-state index >= 15 is 0 Å². The summed E-state index contributed by atoms with van der Waals surface area (Å²) in [6, 6.07) is 18.1. The van der Waals surface area contributed by atoms with E-state index in [0.29, 0.717) is 16.5 Å². The first-order chi connectivity index (χ1) is 15.4. The molecular formula is C24H21N3O5. The van der Waals surface area contributed by atoms with Gasteiger partial charge in [0.25, 0.3) is 5.91 Å². The minimum absolute atomic E-state index is 0.0527. The molecule has 3 rings (SSSR count). The van der Waals surface area contributed by atoms with E-state index < -0.39 is 17.8 Å². The van der Waals surface area contributed by atoms with E-state index in [2.05, 4.69) is 0 Å². The van der Waals surface area contributed by atoms with Gasteiger partial charge in [-0.25, -0.2) is 0 Å². The number of para-hydroxylation sites is 1. The summed E-state index contributed by atoms with van der Waals surface area (Å²) in [4.78, 5) is 36.8. The van der Waals surface area contributed by atoms with Crippen LogP contribution in [-0.4, -0.2) is 44.1 Å². The van der Waals surface area contributed by atoms with Crippen molar-refractivity contribution in [1.29, 1.82) is 5.26 Å². The van der Waals surface area contributed by atoms with E-state index in [0.717, 1.165) is 5.56 Å². The van der Waals surface area contributed by atoms with Crippen LogP contribution in [0.1, 0.15) is 17.5 Å². The standard InChI is InChI=1S/C24H21N3O5/c25-13-18(12-19-15-27(16-23(30)31)21-9-5-4-8-20(19)21)24(32)26(11-10-22(28)29)14-17-6-2-1-3-7-17/h1-9,12,15H,10-11,14,16H2,(H,28,29)(H,30,31)/b18-12+. The second kappa shape index (κ2) is 10.1. The van der Waals surface area contributed by atoms with Gasteiger partial charge >= 0.3 is 11.9 Å². The molecule has 2 N–H and O–H groups in total. The lowest BCUT2D eigenvalue weighted by atomic mass is 10.1. The van der Waals surface area contributed by atoms with Gasteiger partial charge in [0, 0.05) is 35.8 Å². The summed E-state index contributed by atoms with van der Waals surface area (Å²) in [5, 5.41) is 28.6. The Bertz CT molecular complexity index is 1220. The van der Waals surface area contributed by atoms with Crippen LogP contribution in [0.4, 0.5) is 0 Å².